The molecule has 0 unspecified atom stereocenters. The van der Waals surface area contributed by atoms with Crippen molar-refractivity contribution in [2.24, 2.45) is 5.92 Å². The smallest absolute Gasteiger partial charge is 0.141 e. The number of methoxy groups -OCH3 is 1. The van der Waals surface area contributed by atoms with Gasteiger partial charge in [0.15, 0.2) is 0 Å². The van der Waals surface area contributed by atoms with Crippen molar-refractivity contribution in [2.45, 2.75) is 40.0 Å². The van der Waals surface area contributed by atoms with Gasteiger partial charge in [-0.3, -0.25) is 0 Å². The van der Waals surface area contributed by atoms with Gasteiger partial charge in [-0.05, 0) is 62.3 Å². The van der Waals surface area contributed by atoms with Gasteiger partial charge in [-0.15, -0.1) is 0 Å². The van der Waals surface area contributed by atoms with Gasteiger partial charge < -0.3 is 10.1 Å². The van der Waals surface area contributed by atoms with E-state index in [0.717, 1.165) is 24.4 Å². The molecule has 1 atom stereocenters. The van der Waals surface area contributed by atoms with Crippen LogP contribution in [-0.2, 0) is 0 Å². The van der Waals surface area contributed by atoms with Crippen LogP contribution in [0.4, 0.5) is 5.69 Å². The molecule has 2 aromatic rings. The molecule has 0 aliphatic carbocycles. The van der Waals surface area contributed by atoms with Crippen LogP contribution in [0.5, 0.6) is 5.75 Å². The Hall–Kier alpha value is -2.22. The largest absolute Gasteiger partial charge is 0.495 e. The molecule has 0 heterocycles. The van der Waals surface area contributed by atoms with E-state index in [2.05, 4.69) is 68.6 Å². The first-order valence-corrected chi connectivity index (χ1v) is 9.21. The highest BCUT2D eigenvalue weighted by Crippen LogP contribution is 2.30. The zero-order chi connectivity index (χ0) is 18.1. The Morgan fingerprint density at radius 2 is 1.80 bits per heavy atom. The maximum absolute atomic E-state index is 5.51. The molecule has 0 amide bonds. The Morgan fingerprint density at radius 3 is 2.48 bits per heavy atom. The standard InChI is InChI=1S/C23H31NO/c1-18(2)9-8-10-19(3)15-16-24-22-17-21(13-14-23(22)25-4)20-11-6-5-7-12-20/h5-7,9,11-14,17,19,24H,8,10,15-16H2,1-4H3/t19-/m0/s1. The molecular formula is C23H31NO. The first kappa shape index (κ1) is 19.1. The molecule has 0 spiro atoms. The predicted molar refractivity (Wildman–Crippen MR) is 109 cm³/mol. The number of anilines is 1. The third kappa shape index (κ3) is 6.30. The number of rotatable bonds is 9. The lowest BCUT2D eigenvalue weighted by Gasteiger charge is -2.15. The molecule has 0 bridgehead atoms. The second-order valence-electron chi connectivity index (χ2n) is 6.96. The molecule has 0 aliphatic rings. The van der Waals surface area contributed by atoms with E-state index in [1.165, 1.54) is 29.5 Å². The summed E-state index contributed by atoms with van der Waals surface area (Å²) in [6, 6.07) is 16.8. The lowest BCUT2D eigenvalue weighted by Crippen LogP contribution is -2.08. The summed E-state index contributed by atoms with van der Waals surface area (Å²) < 4.78 is 5.51. The van der Waals surface area contributed by atoms with E-state index in [1.54, 1.807) is 7.11 Å². The third-order valence-corrected chi connectivity index (χ3v) is 4.47. The summed E-state index contributed by atoms with van der Waals surface area (Å²) in [5, 5.41) is 3.56. The summed E-state index contributed by atoms with van der Waals surface area (Å²) in [7, 11) is 1.73. The summed E-state index contributed by atoms with van der Waals surface area (Å²) >= 11 is 0. The first-order chi connectivity index (χ1) is 12.1. The Kier molecular flexibility index (Phi) is 7.59. The molecule has 2 rings (SSSR count). The highest BCUT2D eigenvalue weighted by Gasteiger charge is 2.07. The number of hydrogen-bond acceptors (Lipinski definition) is 2. The van der Waals surface area contributed by atoms with Gasteiger partial charge in [0.05, 0.1) is 12.8 Å². The number of allylic oxidation sites excluding steroid dienone is 2. The van der Waals surface area contributed by atoms with Crippen LogP contribution in [0.15, 0.2) is 60.2 Å². The van der Waals surface area contributed by atoms with E-state index in [4.69, 9.17) is 4.74 Å². The average molecular weight is 338 g/mol. The molecule has 0 radical (unpaired) electrons. The summed E-state index contributed by atoms with van der Waals surface area (Å²) in [6.45, 7) is 7.62. The highest BCUT2D eigenvalue weighted by atomic mass is 16.5. The molecule has 0 saturated carbocycles. The van der Waals surface area contributed by atoms with Crippen LogP contribution in [0.1, 0.15) is 40.0 Å². The fraction of sp³-hybridized carbons (Fsp3) is 0.391. The van der Waals surface area contributed by atoms with Crippen LogP contribution in [0.2, 0.25) is 0 Å². The Labute approximate surface area is 152 Å². The summed E-state index contributed by atoms with van der Waals surface area (Å²) in [4.78, 5) is 0. The van der Waals surface area contributed by atoms with Crippen LogP contribution in [0.3, 0.4) is 0 Å². The van der Waals surface area contributed by atoms with E-state index < -0.39 is 0 Å². The second kappa shape index (κ2) is 9.93. The molecule has 2 nitrogen and oxygen atoms in total. The van der Waals surface area contributed by atoms with Crippen LogP contribution in [0, 0.1) is 5.92 Å². The molecule has 2 aromatic carbocycles. The molecule has 134 valence electrons. The van der Waals surface area contributed by atoms with Gasteiger partial charge in [0, 0.05) is 6.54 Å². The van der Waals surface area contributed by atoms with Gasteiger partial charge >= 0.3 is 0 Å². The van der Waals surface area contributed by atoms with Crippen LogP contribution in [0.25, 0.3) is 11.1 Å². The minimum absolute atomic E-state index is 0.714. The van der Waals surface area contributed by atoms with Gasteiger partial charge in [-0.25, -0.2) is 0 Å². The molecule has 1 N–H and O–H groups in total. The van der Waals surface area contributed by atoms with Crippen molar-refractivity contribution in [3.8, 4) is 16.9 Å². The van der Waals surface area contributed by atoms with Crippen molar-refractivity contribution < 1.29 is 4.74 Å². The first-order valence-electron chi connectivity index (χ1n) is 9.21. The lowest BCUT2D eigenvalue weighted by molar-refractivity contribution is 0.416. The molecule has 0 aliphatic heterocycles. The van der Waals surface area contributed by atoms with E-state index in [1.807, 2.05) is 12.1 Å². The number of hydrogen-bond donors (Lipinski definition) is 1. The lowest BCUT2D eigenvalue weighted by atomic mass is 10.0. The van der Waals surface area contributed by atoms with E-state index in [-0.39, 0.29) is 0 Å². The van der Waals surface area contributed by atoms with E-state index >= 15 is 0 Å². The minimum Gasteiger partial charge on any atom is -0.495 e. The number of ether oxygens (including phenoxy) is 1. The molecule has 0 saturated heterocycles. The van der Waals surface area contributed by atoms with Gasteiger partial charge in [0.2, 0.25) is 0 Å². The van der Waals surface area contributed by atoms with Crippen molar-refractivity contribution in [1.29, 1.82) is 0 Å². The van der Waals surface area contributed by atoms with Crippen LogP contribution in [-0.4, -0.2) is 13.7 Å². The maximum Gasteiger partial charge on any atom is 0.141 e. The Bertz CT molecular complexity index is 672. The second-order valence-corrected chi connectivity index (χ2v) is 6.96. The van der Waals surface area contributed by atoms with Gasteiger partial charge in [0.25, 0.3) is 0 Å². The third-order valence-electron chi connectivity index (χ3n) is 4.47. The summed E-state index contributed by atoms with van der Waals surface area (Å²) in [5.41, 5.74) is 4.91. The highest BCUT2D eigenvalue weighted by molar-refractivity contribution is 5.71. The Morgan fingerprint density at radius 1 is 1.04 bits per heavy atom. The van der Waals surface area contributed by atoms with Crippen LogP contribution < -0.4 is 10.1 Å². The SMILES string of the molecule is COc1ccc(-c2ccccc2)cc1NCC[C@@H](C)CCC=C(C)C. The number of nitrogens with one attached hydrogen (secondary N) is 1. The van der Waals surface area contributed by atoms with Crippen molar-refractivity contribution in [3.63, 3.8) is 0 Å². The molecule has 25 heavy (non-hydrogen) atoms. The van der Waals surface area contributed by atoms with E-state index in [0.29, 0.717) is 5.92 Å². The molecule has 2 heteroatoms. The summed E-state index contributed by atoms with van der Waals surface area (Å²) in [5.74, 6) is 1.61. The quantitative estimate of drug-likeness (QED) is 0.524. The molecule has 0 aromatic heterocycles. The monoisotopic (exact) mass is 337 g/mol. The normalized spacial score (nSPS) is 11.7. The van der Waals surface area contributed by atoms with Crippen molar-refractivity contribution >= 4 is 5.69 Å². The topological polar surface area (TPSA) is 21.3 Å². The predicted octanol–water partition coefficient (Wildman–Crippen LogP) is 6.55. The molecule has 0 fully saturated rings. The zero-order valence-corrected chi connectivity index (χ0v) is 16.0. The van der Waals surface area contributed by atoms with Gasteiger partial charge in [-0.1, -0.05) is 55.0 Å². The van der Waals surface area contributed by atoms with Crippen molar-refractivity contribution in [1.82, 2.24) is 0 Å². The molecular weight excluding hydrogens is 306 g/mol. The zero-order valence-electron chi connectivity index (χ0n) is 16.0. The summed E-state index contributed by atoms with van der Waals surface area (Å²) in [6.07, 6.45) is 5.91. The van der Waals surface area contributed by atoms with Gasteiger partial charge in [-0.2, -0.15) is 0 Å². The number of benzene rings is 2. The fourth-order valence-corrected chi connectivity index (χ4v) is 2.91. The van der Waals surface area contributed by atoms with E-state index in [9.17, 15) is 0 Å². The Balaban J connectivity index is 1.95. The average Bonchev–Trinajstić information content (AvgIpc) is 2.62. The van der Waals surface area contributed by atoms with Crippen LogP contribution >= 0.6 is 0 Å². The maximum atomic E-state index is 5.51. The minimum atomic E-state index is 0.714. The van der Waals surface area contributed by atoms with Crippen molar-refractivity contribution in [3.05, 3.63) is 60.2 Å². The van der Waals surface area contributed by atoms with Gasteiger partial charge in [0.1, 0.15) is 5.75 Å². The fourth-order valence-electron chi connectivity index (χ4n) is 2.91. The van der Waals surface area contributed by atoms with Crippen molar-refractivity contribution in [2.75, 3.05) is 19.0 Å².